The number of halogens is 4. The number of amides is 2. The number of aryl methyl sites for hydroxylation is 1. The van der Waals surface area contributed by atoms with E-state index in [1.165, 1.54) is 17.0 Å². The normalized spacial score (nSPS) is 18.8. The zero-order chi connectivity index (χ0) is 26.6. The third-order valence-corrected chi connectivity index (χ3v) is 8.27. The van der Waals surface area contributed by atoms with Crippen LogP contribution in [0.25, 0.3) is 0 Å². The minimum atomic E-state index is -4.49. The lowest BCUT2D eigenvalue weighted by molar-refractivity contribution is -0.138. The number of aromatic nitrogens is 2. The van der Waals surface area contributed by atoms with Crippen LogP contribution in [-0.2, 0) is 26.3 Å². The van der Waals surface area contributed by atoms with Crippen molar-refractivity contribution in [2.24, 2.45) is 7.05 Å². The maximum absolute atomic E-state index is 13.8. The molecule has 3 heterocycles. The number of urea groups is 1. The van der Waals surface area contributed by atoms with Crippen molar-refractivity contribution in [3.8, 4) is 0 Å². The monoisotopic (exact) mass is 543 g/mol. The van der Waals surface area contributed by atoms with Crippen molar-refractivity contribution in [3.63, 3.8) is 0 Å². The quantitative estimate of drug-likeness (QED) is 0.365. The van der Waals surface area contributed by atoms with Gasteiger partial charge in [0.1, 0.15) is 10.8 Å². The molecule has 0 N–H and O–H groups in total. The van der Waals surface area contributed by atoms with Gasteiger partial charge >= 0.3 is 12.2 Å². The molecule has 6 rings (SSSR count). The summed E-state index contributed by atoms with van der Waals surface area (Å²) in [6.45, 7) is 1.73. The molecule has 3 aromatic rings. The first-order valence-corrected chi connectivity index (χ1v) is 13.4. The molecule has 10 heteroatoms. The van der Waals surface area contributed by atoms with E-state index in [0.29, 0.717) is 18.2 Å². The molecule has 1 saturated carbocycles. The number of piperidine rings is 1. The number of hydrogen-bond donors (Lipinski definition) is 0. The third-order valence-electron chi connectivity index (χ3n) is 7.91. The third kappa shape index (κ3) is 4.51. The largest absolute Gasteiger partial charge is 0.416 e. The number of benzene rings is 2. The van der Waals surface area contributed by atoms with Gasteiger partial charge in [-0.3, -0.25) is 9.58 Å². The minimum absolute atomic E-state index is 0.0256. The molecule has 1 aliphatic carbocycles. The molecular formula is C28H29ClF3N5O. The number of nitrogens with zero attached hydrogens (tertiary/aromatic N) is 5. The van der Waals surface area contributed by atoms with E-state index in [0.717, 1.165) is 66.9 Å². The SMILES string of the molecule is Cn1nc(C2CC2)c(Cl)c1N1CCC(N2Cc3ccccc3N(Cc3ccccc3C(F)(F)F)C2=O)CC1. The van der Waals surface area contributed by atoms with Crippen LogP contribution in [0.3, 0.4) is 0 Å². The van der Waals surface area contributed by atoms with Gasteiger partial charge in [0.05, 0.1) is 23.5 Å². The number of anilines is 2. The van der Waals surface area contributed by atoms with E-state index in [1.54, 1.807) is 6.07 Å². The highest BCUT2D eigenvalue weighted by Gasteiger charge is 2.39. The van der Waals surface area contributed by atoms with Gasteiger partial charge in [0.25, 0.3) is 0 Å². The van der Waals surface area contributed by atoms with Crippen molar-refractivity contribution in [1.29, 1.82) is 0 Å². The van der Waals surface area contributed by atoms with E-state index in [2.05, 4.69) is 10.00 Å². The molecular weight excluding hydrogens is 515 g/mol. The molecule has 0 unspecified atom stereocenters. The second-order valence-electron chi connectivity index (χ2n) is 10.4. The Morgan fingerprint density at radius 1 is 1.00 bits per heavy atom. The lowest BCUT2D eigenvalue weighted by Gasteiger charge is -2.44. The first kappa shape index (κ1) is 25.1. The van der Waals surface area contributed by atoms with E-state index in [4.69, 9.17) is 11.6 Å². The van der Waals surface area contributed by atoms with Crippen molar-refractivity contribution >= 4 is 29.1 Å². The Balaban J connectivity index is 1.23. The fourth-order valence-corrected chi connectivity index (χ4v) is 6.25. The Hall–Kier alpha value is -3.20. The summed E-state index contributed by atoms with van der Waals surface area (Å²) in [6.07, 6.45) is -0.766. The zero-order valence-electron chi connectivity index (χ0n) is 21.1. The maximum atomic E-state index is 13.8. The van der Waals surface area contributed by atoms with Gasteiger partial charge in [-0.1, -0.05) is 48.0 Å². The number of carbonyl (C=O) groups excluding carboxylic acids is 1. The summed E-state index contributed by atoms with van der Waals surface area (Å²) in [5.74, 6) is 1.38. The van der Waals surface area contributed by atoms with E-state index in [-0.39, 0.29) is 24.2 Å². The summed E-state index contributed by atoms with van der Waals surface area (Å²) in [4.78, 5) is 19.4. The highest BCUT2D eigenvalue weighted by molar-refractivity contribution is 6.33. The molecule has 0 bridgehead atoms. The molecule has 2 aliphatic heterocycles. The lowest BCUT2D eigenvalue weighted by atomic mass is 9.99. The summed E-state index contributed by atoms with van der Waals surface area (Å²) in [5, 5.41) is 5.39. The van der Waals surface area contributed by atoms with Gasteiger partial charge in [-0.05, 0) is 48.9 Å². The Bertz CT molecular complexity index is 1360. The summed E-state index contributed by atoms with van der Waals surface area (Å²) < 4.78 is 43.0. The predicted molar refractivity (Wildman–Crippen MR) is 140 cm³/mol. The van der Waals surface area contributed by atoms with Crippen molar-refractivity contribution in [2.45, 2.75) is 56.9 Å². The minimum Gasteiger partial charge on any atom is -0.355 e. The van der Waals surface area contributed by atoms with Gasteiger partial charge in [0.15, 0.2) is 0 Å². The highest BCUT2D eigenvalue weighted by atomic mass is 35.5. The number of carbonyl (C=O) groups is 1. The van der Waals surface area contributed by atoms with Gasteiger partial charge in [-0.15, -0.1) is 0 Å². The fraction of sp³-hybridized carbons (Fsp3) is 0.429. The molecule has 38 heavy (non-hydrogen) atoms. The van der Waals surface area contributed by atoms with Crippen LogP contribution >= 0.6 is 11.6 Å². The van der Waals surface area contributed by atoms with Gasteiger partial charge in [0.2, 0.25) is 0 Å². The van der Waals surface area contributed by atoms with E-state index in [9.17, 15) is 18.0 Å². The molecule has 3 aliphatic rings. The summed E-state index contributed by atoms with van der Waals surface area (Å²) in [6, 6.07) is 12.7. The fourth-order valence-electron chi connectivity index (χ4n) is 5.82. The molecule has 0 radical (unpaired) electrons. The van der Waals surface area contributed by atoms with Crippen LogP contribution in [0.1, 0.15) is 54.0 Å². The predicted octanol–water partition coefficient (Wildman–Crippen LogP) is 6.58. The van der Waals surface area contributed by atoms with E-state index >= 15 is 0 Å². The molecule has 2 aromatic carbocycles. The average Bonchev–Trinajstić information content (AvgIpc) is 3.70. The van der Waals surface area contributed by atoms with Crippen LogP contribution in [-0.4, -0.2) is 39.8 Å². The van der Waals surface area contributed by atoms with Gasteiger partial charge in [-0.2, -0.15) is 18.3 Å². The summed E-state index contributed by atoms with van der Waals surface area (Å²) in [7, 11) is 1.92. The van der Waals surface area contributed by atoms with E-state index < -0.39 is 11.7 Å². The van der Waals surface area contributed by atoms with Crippen LogP contribution < -0.4 is 9.80 Å². The van der Waals surface area contributed by atoms with E-state index in [1.807, 2.05) is 40.9 Å². The molecule has 0 spiro atoms. The standard InChI is InChI=1S/C28H29ClF3N5O/c1-34-26(24(29)25(33-34)18-10-11-18)35-14-12-21(13-15-35)36-17-20-7-3-5-9-23(20)37(27(36)38)16-19-6-2-4-8-22(19)28(30,31)32/h2-9,18,21H,10-17H2,1H3. The average molecular weight is 544 g/mol. The second-order valence-corrected chi connectivity index (χ2v) is 10.8. The smallest absolute Gasteiger partial charge is 0.355 e. The van der Waals surface area contributed by atoms with Crippen LogP contribution in [0.15, 0.2) is 48.5 Å². The first-order valence-electron chi connectivity index (χ1n) is 13.0. The second kappa shape index (κ2) is 9.52. The molecule has 200 valence electrons. The van der Waals surface area contributed by atoms with Crippen LogP contribution in [0.2, 0.25) is 5.02 Å². The molecule has 2 fully saturated rings. The van der Waals surface area contributed by atoms with Crippen molar-refractivity contribution in [3.05, 3.63) is 75.9 Å². The molecule has 1 aromatic heterocycles. The summed E-state index contributed by atoms with van der Waals surface area (Å²) in [5.41, 5.74) is 1.94. The van der Waals surface area contributed by atoms with Crippen LogP contribution in [0.5, 0.6) is 0 Å². The highest BCUT2D eigenvalue weighted by Crippen LogP contribution is 2.46. The maximum Gasteiger partial charge on any atom is 0.416 e. The number of rotatable bonds is 5. The van der Waals surface area contributed by atoms with Crippen molar-refractivity contribution < 1.29 is 18.0 Å². The first-order chi connectivity index (χ1) is 18.2. The van der Waals surface area contributed by atoms with Gasteiger partial charge in [0, 0.05) is 38.6 Å². The Morgan fingerprint density at radius 2 is 1.68 bits per heavy atom. The Morgan fingerprint density at radius 3 is 2.39 bits per heavy atom. The topological polar surface area (TPSA) is 44.6 Å². The van der Waals surface area contributed by atoms with Gasteiger partial charge < -0.3 is 9.80 Å². The molecule has 2 amide bonds. The molecule has 1 saturated heterocycles. The Labute approximate surface area is 224 Å². The molecule has 0 atom stereocenters. The number of fused-ring (bicyclic) bond motifs is 1. The summed E-state index contributed by atoms with van der Waals surface area (Å²) >= 11 is 6.73. The van der Waals surface area contributed by atoms with Gasteiger partial charge in [-0.25, -0.2) is 4.79 Å². The molecule has 6 nitrogen and oxygen atoms in total. The van der Waals surface area contributed by atoms with Crippen LogP contribution in [0.4, 0.5) is 29.5 Å². The van der Waals surface area contributed by atoms with Crippen molar-refractivity contribution in [1.82, 2.24) is 14.7 Å². The van der Waals surface area contributed by atoms with Crippen molar-refractivity contribution in [2.75, 3.05) is 22.9 Å². The number of para-hydroxylation sites is 1. The Kier molecular flexibility index (Phi) is 6.29. The lowest BCUT2D eigenvalue weighted by Crippen LogP contribution is -2.54. The number of alkyl halides is 3. The number of hydrogen-bond acceptors (Lipinski definition) is 3. The zero-order valence-corrected chi connectivity index (χ0v) is 21.8. The van der Waals surface area contributed by atoms with Crippen LogP contribution in [0, 0.1) is 0 Å².